The van der Waals surface area contributed by atoms with E-state index in [0.29, 0.717) is 21.8 Å². The van der Waals surface area contributed by atoms with E-state index in [-0.39, 0.29) is 5.54 Å². The summed E-state index contributed by atoms with van der Waals surface area (Å²) in [6, 6.07) is 1.65. The van der Waals surface area contributed by atoms with Crippen molar-refractivity contribution in [2.45, 2.75) is 42.7 Å². The molecular formula is C13H22BrN3O2S2. The van der Waals surface area contributed by atoms with Gasteiger partial charge in [-0.15, -0.1) is 11.3 Å². The molecule has 0 unspecified atom stereocenters. The van der Waals surface area contributed by atoms with Crippen molar-refractivity contribution in [2.24, 2.45) is 5.73 Å². The van der Waals surface area contributed by atoms with E-state index in [0.717, 1.165) is 30.6 Å². The second-order valence-corrected chi connectivity index (χ2v) is 9.90. The topological polar surface area (TPSA) is 75.4 Å². The second-order valence-electron chi connectivity index (χ2n) is 5.71. The standard InChI is InChI=1S/C13H22BrN3O2S2/c1-17(2)13(5-3-4-6-13)9-16-21(18,19)11-7-10(8-15)20-12(11)14/h7,16H,3-6,8-9,15H2,1-2H3. The minimum atomic E-state index is -3.51. The molecule has 0 bridgehead atoms. The van der Waals surface area contributed by atoms with Gasteiger partial charge in [0.25, 0.3) is 0 Å². The van der Waals surface area contributed by atoms with Gasteiger partial charge in [-0.1, -0.05) is 12.8 Å². The Labute approximate surface area is 139 Å². The fraction of sp³-hybridized carbons (Fsp3) is 0.692. The Morgan fingerprint density at radius 1 is 1.43 bits per heavy atom. The highest BCUT2D eigenvalue weighted by molar-refractivity contribution is 9.11. The van der Waals surface area contributed by atoms with Crippen LogP contribution in [-0.4, -0.2) is 39.5 Å². The molecule has 1 aliphatic carbocycles. The van der Waals surface area contributed by atoms with Gasteiger partial charge in [0.15, 0.2) is 0 Å². The lowest BCUT2D eigenvalue weighted by Crippen LogP contribution is -2.50. The fourth-order valence-corrected chi connectivity index (χ4v) is 6.48. The summed E-state index contributed by atoms with van der Waals surface area (Å²) in [5, 5.41) is 0. The molecule has 0 aromatic carbocycles. The smallest absolute Gasteiger partial charge is 0.242 e. The average Bonchev–Trinajstić information content (AvgIpc) is 3.04. The lowest BCUT2D eigenvalue weighted by Gasteiger charge is -2.36. The molecule has 1 aliphatic rings. The molecule has 1 aromatic rings. The van der Waals surface area contributed by atoms with Gasteiger partial charge in [0.05, 0.1) is 3.79 Å². The highest BCUT2D eigenvalue weighted by Gasteiger charge is 2.37. The first-order valence-corrected chi connectivity index (χ1v) is 10.1. The molecule has 0 spiro atoms. The van der Waals surface area contributed by atoms with Gasteiger partial charge in [-0.3, -0.25) is 0 Å². The molecule has 3 N–H and O–H groups in total. The van der Waals surface area contributed by atoms with E-state index in [4.69, 9.17) is 5.73 Å². The maximum absolute atomic E-state index is 12.5. The zero-order chi connectivity index (χ0) is 15.7. The minimum Gasteiger partial charge on any atom is -0.326 e. The summed E-state index contributed by atoms with van der Waals surface area (Å²) >= 11 is 4.69. The number of sulfonamides is 1. The largest absolute Gasteiger partial charge is 0.326 e. The number of nitrogens with one attached hydrogen (secondary N) is 1. The molecule has 0 radical (unpaired) electrons. The zero-order valence-corrected chi connectivity index (χ0v) is 15.6. The van der Waals surface area contributed by atoms with Crippen molar-refractivity contribution in [3.05, 3.63) is 14.7 Å². The molecule has 0 aliphatic heterocycles. The number of halogens is 1. The Kier molecular flexibility index (Phi) is 5.49. The zero-order valence-electron chi connectivity index (χ0n) is 12.4. The molecule has 5 nitrogen and oxygen atoms in total. The number of thiophene rings is 1. The molecule has 0 amide bonds. The Hall–Kier alpha value is 0.01000. The summed E-state index contributed by atoms with van der Waals surface area (Å²) in [6.07, 6.45) is 4.36. The maximum Gasteiger partial charge on any atom is 0.242 e. The minimum absolute atomic E-state index is 0.0632. The Bertz CT molecular complexity index is 593. The third kappa shape index (κ3) is 3.68. The van der Waals surface area contributed by atoms with Crippen molar-refractivity contribution in [3.63, 3.8) is 0 Å². The van der Waals surface area contributed by atoms with Crippen LogP contribution in [0.2, 0.25) is 0 Å². The van der Waals surface area contributed by atoms with E-state index in [1.54, 1.807) is 6.07 Å². The molecule has 2 rings (SSSR count). The van der Waals surface area contributed by atoms with E-state index in [2.05, 4.69) is 25.6 Å². The predicted octanol–water partition coefficient (Wildman–Crippen LogP) is 2.12. The van der Waals surface area contributed by atoms with Crippen LogP contribution in [-0.2, 0) is 16.6 Å². The van der Waals surface area contributed by atoms with Crippen molar-refractivity contribution < 1.29 is 8.42 Å². The third-order valence-electron chi connectivity index (χ3n) is 4.27. The van der Waals surface area contributed by atoms with E-state index in [1.165, 1.54) is 11.3 Å². The Morgan fingerprint density at radius 2 is 2.05 bits per heavy atom. The number of hydrogen-bond acceptors (Lipinski definition) is 5. The fourth-order valence-electron chi connectivity index (χ4n) is 2.80. The van der Waals surface area contributed by atoms with Crippen LogP contribution in [0.3, 0.4) is 0 Å². The summed E-state index contributed by atoms with van der Waals surface area (Å²) in [5.74, 6) is 0. The molecule has 0 saturated heterocycles. The number of nitrogens with two attached hydrogens (primary N) is 1. The van der Waals surface area contributed by atoms with Crippen LogP contribution in [0.1, 0.15) is 30.6 Å². The van der Waals surface area contributed by atoms with Gasteiger partial charge < -0.3 is 10.6 Å². The molecule has 21 heavy (non-hydrogen) atoms. The van der Waals surface area contributed by atoms with Crippen LogP contribution < -0.4 is 10.5 Å². The first-order chi connectivity index (χ1) is 9.81. The SMILES string of the molecule is CN(C)C1(CNS(=O)(=O)c2cc(CN)sc2Br)CCCC1. The van der Waals surface area contributed by atoms with E-state index < -0.39 is 10.0 Å². The second kappa shape index (κ2) is 6.64. The van der Waals surface area contributed by atoms with Gasteiger partial charge in [-0.2, -0.15) is 0 Å². The number of likely N-dealkylation sites (N-methyl/N-ethyl adjacent to an activating group) is 1. The molecule has 1 saturated carbocycles. The average molecular weight is 396 g/mol. The van der Waals surface area contributed by atoms with Gasteiger partial charge in [-0.25, -0.2) is 13.1 Å². The van der Waals surface area contributed by atoms with E-state index in [9.17, 15) is 8.42 Å². The number of rotatable bonds is 6. The number of hydrogen-bond donors (Lipinski definition) is 2. The van der Waals surface area contributed by atoms with Gasteiger partial charge in [0.2, 0.25) is 10.0 Å². The molecule has 120 valence electrons. The first kappa shape index (κ1) is 17.4. The highest BCUT2D eigenvalue weighted by atomic mass is 79.9. The van der Waals surface area contributed by atoms with Crippen molar-refractivity contribution in [2.75, 3.05) is 20.6 Å². The van der Waals surface area contributed by atoms with Crippen LogP contribution in [0.15, 0.2) is 14.7 Å². The summed E-state index contributed by atoms with van der Waals surface area (Å²) in [5.41, 5.74) is 5.51. The summed E-state index contributed by atoms with van der Waals surface area (Å²) in [6.45, 7) is 0.795. The quantitative estimate of drug-likeness (QED) is 0.773. The monoisotopic (exact) mass is 395 g/mol. The van der Waals surface area contributed by atoms with Gasteiger partial charge in [-0.05, 0) is 48.9 Å². The lowest BCUT2D eigenvalue weighted by atomic mass is 9.97. The van der Waals surface area contributed by atoms with Crippen molar-refractivity contribution in [3.8, 4) is 0 Å². The highest BCUT2D eigenvalue weighted by Crippen LogP contribution is 2.35. The lowest BCUT2D eigenvalue weighted by molar-refractivity contribution is 0.162. The molecule has 8 heteroatoms. The summed E-state index contributed by atoms with van der Waals surface area (Å²) in [7, 11) is 0.533. The van der Waals surface area contributed by atoms with Crippen LogP contribution in [0.25, 0.3) is 0 Å². The van der Waals surface area contributed by atoms with Gasteiger partial charge >= 0.3 is 0 Å². The molecule has 1 heterocycles. The predicted molar refractivity (Wildman–Crippen MR) is 90.0 cm³/mol. The van der Waals surface area contributed by atoms with Crippen molar-refractivity contribution in [1.82, 2.24) is 9.62 Å². The van der Waals surface area contributed by atoms with Gasteiger partial charge in [0, 0.05) is 23.5 Å². The molecule has 0 atom stereocenters. The third-order valence-corrected chi connectivity index (χ3v) is 7.95. The summed E-state index contributed by atoms with van der Waals surface area (Å²) < 4.78 is 28.4. The number of nitrogens with zero attached hydrogens (tertiary/aromatic N) is 1. The van der Waals surface area contributed by atoms with Crippen molar-refractivity contribution in [1.29, 1.82) is 0 Å². The maximum atomic E-state index is 12.5. The van der Waals surface area contributed by atoms with Crippen LogP contribution in [0.5, 0.6) is 0 Å². The van der Waals surface area contributed by atoms with E-state index >= 15 is 0 Å². The first-order valence-electron chi connectivity index (χ1n) is 6.96. The summed E-state index contributed by atoms with van der Waals surface area (Å²) in [4.78, 5) is 3.29. The van der Waals surface area contributed by atoms with Crippen molar-refractivity contribution >= 4 is 37.3 Å². The van der Waals surface area contributed by atoms with Gasteiger partial charge in [0.1, 0.15) is 4.90 Å². The molecular weight excluding hydrogens is 374 g/mol. The van der Waals surface area contributed by atoms with Crippen LogP contribution >= 0.6 is 27.3 Å². The molecule has 1 fully saturated rings. The van der Waals surface area contributed by atoms with Crippen LogP contribution in [0.4, 0.5) is 0 Å². The Balaban J connectivity index is 2.15. The Morgan fingerprint density at radius 3 is 2.52 bits per heavy atom. The van der Waals surface area contributed by atoms with E-state index in [1.807, 2.05) is 14.1 Å². The van der Waals surface area contributed by atoms with Crippen LogP contribution in [0, 0.1) is 0 Å². The molecule has 1 aromatic heterocycles. The normalized spacial score (nSPS) is 18.5.